The van der Waals surface area contributed by atoms with Gasteiger partial charge in [0.15, 0.2) is 0 Å². The minimum atomic E-state index is -0.151. The number of aromatic nitrogens is 2. The molecule has 2 N–H and O–H groups in total. The summed E-state index contributed by atoms with van der Waals surface area (Å²) in [5.74, 6) is 0.678. The highest BCUT2D eigenvalue weighted by molar-refractivity contribution is 7.13. The summed E-state index contributed by atoms with van der Waals surface area (Å²) in [6.07, 6.45) is 0.759. The second-order valence-corrected chi connectivity index (χ2v) is 7.02. The van der Waals surface area contributed by atoms with Crippen LogP contribution in [0.3, 0.4) is 0 Å². The normalized spacial score (nSPS) is 10.9. The van der Waals surface area contributed by atoms with Crippen molar-refractivity contribution in [3.8, 4) is 16.5 Å². The number of methoxy groups -OCH3 is 1. The molecule has 4 aromatic rings. The molecule has 0 saturated carbocycles. The van der Waals surface area contributed by atoms with Crippen LogP contribution in [-0.2, 0) is 6.42 Å². The first-order chi connectivity index (χ1) is 13.2. The van der Waals surface area contributed by atoms with Gasteiger partial charge in [0.1, 0.15) is 16.5 Å². The lowest BCUT2D eigenvalue weighted by Gasteiger charge is -2.05. The van der Waals surface area contributed by atoms with Crippen LogP contribution in [0.2, 0.25) is 0 Å². The predicted octanol–water partition coefficient (Wildman–Crippen LogP) is 4.27. The van der Waals surface area contributed by atoms with Crippen molar-refractivity contribution in [2.75, 3.05) is 13.7 Å². The van der Waals surface area contributed by atoms with Gasteiger partial charge in [0, 0.05) is 22.8 Å². The van der Waals surface area contributed by atoms with E-state index in [0.717, 1.165) is 39.3 Å². The van der Waals surface area contributed by atoms with Crippen LogP contribution in [0.5, 0.6) is 5.75 Å². The van der Waals surface area contributed by atoms with Gasteiger partial charge < -0.3 is 15.0 Å². The number of rotatable bonds is 6. The standard InChI is InChI=1S/C21H19N3O2S/c1-26-16-8-6-14(7-9-16)10-11-22-20(25)19-13-27-21(24-19)18-12-15-4-2-3-5-17(15)23-18/h2-9,12-13,23H,10-11H2,1H3,(H,22,25). The average molecular weight is 377 g/mol. The predicted molar refractivity (Wildman–Crippen MR) is 108 cm³/mol. The summed E-state index contributed by atoms with van der Waals surface area (Å²) in [6, 6.07) is 18.0. The number of aromatic amines is 1. The summed E-state index contributed by atoms with van der Waals surface area (Å²) in [5.41, 5.74) is 3.59. The van der Waals surface area contributed by atoms with Gasteiger partial charge in [-0.2, -0.15) is 0 Å². The number of nitrogens with zero attached hydrogens (tertiary/aromatic N) is 1. The molecule has 5 nitrogen and oxygen atoms in total. The minimum Gasteiger partial charge on any atom is -0.497 e. The van der Waals surface area contributed by atoms with Gasteiger partial charge in [-0.05, 0) is 36.2 Å². The number of fused-ring (bicyclic) bond motifs is 1. The number of nitrogens with one attached hydrogen (secondary N) is 2. The van der Waals surface area contributed by atoms with Crippen LogP contribution in [-0.4, -0.2) is 29.5 Å². The van der Waals surface area contributed by atoms with E-state index >= 15 is 0 Å². The third kappa shape index (κ3) is 3.85. The molecule has 4 rings (SSSR count). The smallest absolute Gasteiger partial charge is 0.270 e. The molecule has 0 bridgehead atoms. The van der Waals surface area contributed by atoms with Crippen LogP contribution < -0.4 is 10.1 Å². The van der Waals surface area contributed by atoms with Crippen molar-refractivity contribution in [1.29, 1.82) is 0 Å². The van der Waals surface area contributed by atoms with Gasteiger partial charge in [-0.1, -0.05) is 30.3 Å². The van der Waals surface area contributed by atoms with Crippen molar-refractivity contribution in [3.63, 3.8) is 0 Å². The summed E-state index contributed by atoms with van der Waals surface area (Å²) >= 11 is 1.46. The number of amides is 1. The summed E-state index contributed by atoms with van der Waals surface area (Å²) < 4.78 is 5.15. The SMILES string of the molecule is COc1ccc(CCNC(=O)c2csc(-c3cc4ccccc4[nH]3)n2)cc1. The van der Waals surface area contributed by atoms with Gasteiger partial charge in [0.05, 0.1) is 12.8 Å². The fourth-order valence-corrected chi connectivity index (χ4v) is 3.66. The van der Waals surface area contributed by atoms with Gasteiger partial charge in [0.2, 0.25) is 0 Å². The molecular formula is C21H19N3O2S. The Hall–Kier alpha value is -3.12. The Morgan fingerprint density at radius 1 is 1.19 bits per heavy atom. The molecule has 0 aliphatic rings. The first-order valence-corrected chi connectivity index (χ1v) is 9.56. The highest BCUT2D eigenvalue weighted by Gasteiger charge is 2.13. The van der Waals surface area contributed by atoms with E-state index in [1.54, 1.807) is 12.5 Å². The average Bonchev–Trinajstić information content (AvgIpc) is 3.35. The molecule has 6 heteroatoms. The molecule has 0 aliphatic carbocycles. The molecule has 0 fully saturated rings. The molecule has 0 saturated heterocycles. The molecule has 2 aromatic heterocycles. The van der Waals surface area contributed by atoms with Crippen LogP contribution in [0.4, 0.5) is 0 Å². The molecule has 2 heterocycles. The molecule has 0 aliphatic heterocycles. The summed E-state index contributed by atoms with van der Waals surface area (Å²) in [4.78, 5) is 20.2. The van der Waals surface area contributed by atoms with Gasteiger partial charge in [-0.3, -0.25) is 4.79 Å². The van der Waals surface area contributed by atoms with Crippen LogP contribution in [0, 0.1) is 0 Å². The quantitative estimate of drug-likeness (QED) is 0.527. The molecule has 0 atom stereocenters. The molecule has 0 spiro atoms. The maximum Gasteiger partial charge on any atom is 0.270 e. The Balaban J connectivity index is 1.38. The maximum absolute atomic E-state index is 12.4. The molecule has 27 heavy (non-hydrogen) atoms. The Kier molecular flexibility index (Phi) is 4.89. The third-order valence-corrected chi connectivity index (χ3v) is 5.23. The lowest BCUT2D eigenvalue weighted by atomic mass is 10.1. The molecular weight excluding hydrogens is 358 g/mol. The van der Waals surface area contributed by atoms with E-state index in [1.807, 2.05) is 42.5 Å². The van der Waals surface area contributed by atoms with Crippen LogP contribution in [0.1, 0.15) is 16.1 Å². The number of H-pyrrole nitrogens is 1. The van der Waals surface area contributed by atoms with Gasteiger partial charge in [-0.25, -0.2) is 4.98 Å². The van der Waals surface area contributed by atoms with Crippen molar-refractivity contribution >= 4 is 28.1 Å². The van der Waals surface area contributed by atoms with Crippen molar-refractivity contribution in [3.05, 3.63) is 71.2 Å². The van der Waals surface area contributed by atoms with Gasteiger partial charge in [0.25, 0.3) is 5.91 Å². The van der Waals surface area contributed by atoms with E-state index in [-0.39, 0.29) is 5.91 Å². The fraction of sp³-hybridized carbons (Fsp3) is 0.143. The molecule has 0 unspecified atom stereocenters. The first kappa shape index (κ1) is 17.3. The van der Waals surface area contributed by atoms with Gasteiger partial charge in [-0.15, -0.1) is 11.3 Å². The zero-order valence-corrected chi connectivity index (χ0v) is 15.7. The number of thiazole rings is 1. The Morgan fingerprint density at radius 2 is 2.00 bits per heavy atom. The third-order valence-electron chi connectivity index (χ3n) is 4.36. The number of hydrogen-bond donors (Lipinski definition) is 2. The lowest BCUT2D eigenvalue weighted by Crippen LogP contribution is -2.25. The Bertz CT molecular complexity index is 1030. The summed E-state index contributed by atoms with van der Waals surface area (Å²) in [7, 11) is 1.65. The lowest BCUT2D eigenvalue weighted by molar-refractivity contribution is 0.0950. The molecule has 2 aromatic carbocycles. The second kappa shape index (κ2) is 7.63. The molecule has 1 amide bonds. The van der Waals surface area contributed by atoms with E-state index < -0.39 is 0 Å². The van der Waals surface area contributed by atoms with Crippen molar-refractivity contribution in [1.82, 2.24) is 15.3 Å². The number of hydrogen-bond acceptors (Lipinski definition) is 4. The van der Waals surface area contributed by atoms with Crippen LogP contribution in [0.25, 0.3) is 21.6 Å². The second-order valence-electron chi connectivity index (χ2n) is 6.16. The van der Waals surface area contributed by atoms with Crippen molar-refractivity contribution < 1.29 is 9.53 Å². The minimum absolute atomic E-state index is 0.151. The largest absolute Gasteiger partial charge is 0.497 e. The highest BCUT2D eigenvalue weighted by atomic mass is 32.1. The summed E-state index contributed by atoms with van der Waals surface area (Å²) in [6.45, 7) is 0.560. The number of para-hydroxylation sites is 1. The number of carbonyl (C=O) groups excluding carboxylic acids is 1. The number of benzene rings is 2. The van der Waals surface area contributed by atoms with Crippen molar-refractivity contribution in [2.45, 2.75) is 6.42 Å². The van der Waals surface area contributed by atoms with Crippen LogP contribution in [0.15, 0.2) is 60.0 Å². The summed E-state index contributed by atoms with van der Waals surface area (Å²) in [5, 5.41) is 6.67. The topological polar surface area (TPSA) is 67.0 Å². The maximum atomic E-state index is 12.4. The fourth-order valence-electron chi connectivity index (χ4n) is 2.89. The van der Waals surface area contributed by atoms with E-state index in [4.69, 9.17) is 4.74 Å². The van der Waals surface area contributed by atoms with Crippen LogP contribution >= 0.6 is 11.3 Å². The number of ether oxygens (including phenoxy) is 1. The molecule has 136 valence electrons. The van der Waals surface area contributed by atoms with Crippen molar-refractivity contribution in [2.24, 2.45) is 0 Å². The first-order valence-electron chi connectivity index (χ1n) is 8.68. The highest BCUT2D eigenvalue weighted by Crippen LogP contribution is 2.26. The zero-order chi connectivity index (χ0) is 18.6. The molecule has 0 radical (unpaired) electrons. The Labute approximate surface area is 161 Å². The van der Waals surface area contributed by atoms with E-state index in [1.165, 1.54) is 11.3 Å². The van der Waals surface area contributed by atoms with Gasteiger partial charge >= 0.3 is 0 Å². The van der Waals surface area contributed by atoms with E-state index in [2.05, 4.69) is 27.4 Å². The number of carbonyl (C=O) groups is 1. The Morgan fingerprint density at radius 3 is 2.78 bits per heavy atom. The zero-order valence-electron chi connectivity index (χ0n) is 14.9. The van der Waals surface area contributed by atoms with E-state index in [0.29, 0.717) is 12.2 Å². The monoisotopic (exact) mass is 377 g/mol. The van der Waals surface area contributed by atoms with E-state index in [9.17, 15) is 4.79 Å².